The topological polar surface area (TPSA) is 136 Å². The van der Waals surface area contributed by atoms with Crippen LogP contribution in [0.3, 0.4) is 0 Å². The highest BCUT2D eigenvalue weighted by molar-refractivity contribution is 6.06. The standard InChI is InChI=1S/C11H17N5O4/c1-7-14-8(20-16-7)6-13-10(17)11(9(12)15-18)2-4-19-5-3-11/h18H,2-6H2,1H3,(H2,12,15)(H,13,17). The van der Waals surface area contributed by atoms with Crippen LogP contribution in [-0.4, -0.2) is 40.3 Å². The van der Waals surface area contributed by atoms with E-state index < -0.39 is 5.41 Å². The van der Waals surface area contributed by atoms with Crippen molar-refractivity contribution >= 4 is 11.7 Å². The number of nitrogens with zero attached hydrogens (tertiary/aromatic N) is 3. The number of nitrogens with two attached hydrogens (primary N) is 1. The minimum absolute atomic E-state index is 0.0982. The summed E-state index contributed by atoms with van der Waals surface area (Å²) in [5.74, 6) is 0.344. The molecule has 0 atom stereocenters. The number of carbonyl (C=O) groups is 1. The van der Waals surface area contributed by atoms with E-state index in [0.29, 0.717) is 37.8 Å². The first kappa shape index (κ1) is 14.3. The highest BCUT2D eigenvalue weighted by Crippen LogP contribution is 2.31. The number of aromatic nitrogens is 2. The summed E-state index contributed by atoms with van der Waals surface area (Å²) >= 11 is 0. The van der Waals surface area contributed by atoms with Gasteiger partial charge >= 0.3 is 0 Å². The predicted octanol–water partition coefficient (Wildman–Crippen LogP) is -0.463. The van der Waals surface area contributed by atoms with Crippen LogP contribution in [0.5, 0.6) is 0 Å². The molecule has 20 heavy (non-hydrogen) atoms. The van der Waals surface area contributed by atoms with Gasteiger partial charge in [0.15, 0.2) is 11.7 Å². The second kappa shape index (κ2) is 5.87. The molecule has 4 N–H and O–H groups in total. The Labute approximate surface area is 115 Å². The summed E-state index contributed by atoms with van der Waals surface area (Å²) in [5, 5.41) is 18.2. The maximum Gasteiger partial charge on any atom is 0.246 e. The first-order chi connectivity index (χ1) is 9.58. The molecule has 1 aromatic rings. The van der Waals surface area contributed by atoms with E-state index in [4.69, 9.17) is 20.2 Å². The first-order valence-electron chi connectivity index (χ1n) is 6.22. The molecule has 2 heterocycles. The van der Waals surface area contributed by atoms with Crippen LogP contribution < -0.4 is 11.1 Å². The van der Waals surface area contributed by atoms with Gasteiger partial charge in [0.1, 0.15) is 5.41 Å². The maximum atomic E-state index is 12.4. The zero-order chi connectivity index (χ0) is 14.6. The summed E-state index contributed by atoms with van der Waals surface area (Å²) in [6.07, 6.45) is 0.717. The van der Waals surface area contributed by atoms with Crippen LogP contribution in [-0.2, 0) is 16.1 Å². The van der Waals surface area contributed by atoms with Crippen molar-refractivity contribution in [2.24, 2.45) is 16.3 Å². The Bertz CT molecular complexity index is 507. The number of hydrogen-bond acceptors (Lipinski definition) is 7. The van der Waals surface area contributed by atoms with Crippen LogP contribution >= 0.6 is 0 Å². The van der Waals surface area contributed by atoms with Gasteiger partial charge in [0, 0.05) is 13.2 Å². The second-order valence-corrected chi connectivity index (χ2v) is 4.60. The largest absolute Gasteiger partial charge is 0.409 e. The summed E-state index contributed by atoms with van der Waals surface area (Å²) in [6.45, 7) is 2.54. The number of amidine groups is 1. The first-order valence-corrected chi connectivity index (χ1v) is 6.22. The Kier molecular flexibility index (Phi) is 4.18. The third-order valence-corrected chi connectivity index (χ3v) is 3.35. The average molecular weight is 283 g/mol. The molecule has 0 saturated carbocycles. The Balaban J connectivity index is 2.07. The van der Waals surface area contributed by atoms with Gasteiger partial charge in [-0.1, -0.05) is 10.3 Å². The average Bonchev–Trinajstić information content (AvgIpc) is 2.90. The van der Waals surface area contributed by atoms with Crippen LogP contribution in [0.15, 0.2) is 9.68 Å². The van der Waals surface area contributed by atoms with Crippen molar-refractivity contribution in [1.29, 1.82) is 0 Å². The van der Waals surface area contributed by atoms with Gasteiger partial charge in [0.25, 0.3) is 0 Å². The van der Waals surface area contributed by atoms with Crippen molar-refractivity contribution in [3.8, 4) is 0 Å². The smallest absolute Gasteiger partial charge is 0.246 e. The third kappa shape index (κ3) is 2.72. The Morgan fingerprint density at radius 3 is 2.80 bits per heavy atom. The van der Waals surface area contributed by atoms with Gasteiger partial charge in [-0.05, 0) is 19.8 Å². The molecule has 0 unspecified atom stereocenters. The second-order valence-electron chi connectivity index (χ2n) is 4.60. The zero-order valence-electron chi connectivity index (χ0n) is 11.1. The van der Waals surface area contributed by atoms with Gasteiger partial charge in [0.05, 0.1) is 6.54 Å². The van der Waals surface area contributed by atoms with Crippen LogP contribution in [0.1, 0.15) is 24.6 Å². The molecule has 2 rings (SSSR count). The molecule has 1 amide bonds. The molecule has 1 aliphatic rings. The minimum Gasteiger partial charge on any atom is -0.409 e. The molecule has 1 aliphatic heterocycles. The fraction of sp³-hybridized carbons (Fsp3) is 0.636. The molecule has 0 spiro atoms. The van der Waals surface area contributed by atoms with Gasteiger partial charge in [-0.15, -0.1) is 0 Å². The number of aryl methyl sites for hydroxylation is 1. The SMILES string of the molecule is Cc1noc(CNC(=O)C2(C(N)=NO)CCOCC2)n1. The fourth-order valence-corrected chi connectivity index (χ4v) is 2.15. The fourth-order valence-electron chi connectivity index (χ4n) is 2.15. The lowest BCUT2D eigenvalue weighted by Gasteiger charge is -2.34. The van der Waals surface area contributed by atoms with E-state index >= 15 is 0 Å². The highest BCUT2D eigenvalue weighted by atomic mass is 16.5. The Morgan fingerprint density at radius 1 is 1.55 bits per heavy atom. The summed E-state index contributed by atoms with van der Waals surface area (Å²) in [5.41, 5.74) is 4.64. The molecule has 1 fully saturated rings. The number of carbonyl (C=O) groups excluding carboxylic acids is 1. The van der Waals surface area contributed by atoms with Crippen molar-refractivity contribution in [3.63, 3.8) is 0 Å². The molecule has 0 aliphatic carbocycles. The van der Waals surface area contributed by atoms with Crippen molar-refractivity contribution in [1.82, 2.24) is 15.5 Å². The molecular weight excluding hydrogens is 266 g/mol. The summed E-state index contributed by atoms with van der Waals surface area (Å²) in [7, 11) is 0. The van der Waals surface area contributed by atoms with Gasteiger partial charge in [0.2, 0.25) is 11.8 Å². The molecular formula is C11H17N5O4. The molecule has 9 heteroatoms. The van der Waals surface area contributed by atoms with Gasteiger partial charge in [-0.2, -0.15) is 4.98 Å². The molecule has 9 nitrogen and oxygen atoms in total. The van der Waals surface area contributed by atoms with Crippen LogP contribution in [0.4, 0.5) is 0 Å². The van der Waals surface area contributed by atoms with Crippen molar-refractivity contribution < 1.29 is 19.3 Å². The molecule has 1 saturated heterocycles. The van der Waals surface area contributed by atoms with Crippen molar-refractivity contribution in [3.05, 3.63) is 11.7 Å². The monoisotopic (exact) mass is 283 g/mol. The van der Waals surface area contributed by atoms with E-state index in [0.717, 1.165) is 0 Å². The van der Waals surface area contributed by atoms with Crippen molar-refractivity contribution in [2.75, 3.05) is 13.2 Å². The van der Waals surface area contributed by atoms with E-state index in [2.05, 4.69) is 20.6 Å². The number of oxime groups is 1. The number of nitrogens with one attached hydrogen (secondary N) is 1. The number of hydrogen-bond donors (Lipinski definition) is 3. The molecule has 1 aromatic heterocycles. The molecule has 0 radical (unpaired) electrons. The molecule has 110 valence electrons. The summed E-state index contributed by atoms with van der Waals surface area (Å²) < 4.78 is 10.1. The lowest BCUT2D eigenvalue weighted by molar-refractivity contribution is -0.132. The van der Waals surface area contributed by atoms with E-state index in [1.807, 2.05) is 0 Å². The summed E-state index contributed by atoms with van der Waals surface area (Å²) in [6, 6.07) is 0. The molecule has 0 aromatic carbocycles. The van der Waals surface area contributed by atoms with Crippen LogP contribution in [0.2, 0.25) is 0 Å². The van der Waals surface area contributed by atoms with E-state index in [1.54, 1.807) is 6.92 Å². The Morgan fingerprint density at radius 2 is 2.25 bits per heavy atom. The molecule has 0 bridgehead atoms. The predicted molar refractivity (Wildman–Crippen MR) is 66.8 cm³/mol. The van der Waals surface area contributed by atoms with E-state index in [1.165, 1.54) is 0 Å². The lowest BCUT2D eigenvalue weighted by Crippen LogP contribution is -2.52. The van der Waals surface area contributed by atoms with E-state index in [-0.39, 0.29) is 18.3 Å². The van der Waals surface area contributed by atoms with Gasteiger partial charge in [-0.25, -0.2) is 0 Å². The van der Waals surface area contributed by atoms with E-state index in [9.17, 15) is 4.79 Å². The van der Waals surface area contributed by atoms with Crippen LogP contribution in [0.25, 0.3) is 0 Å². The minimum atomic E-state index is -1.05. The van der Waals surface area contributed by atoms with Gasteiger partial charge in [-0.3, -0.25) is 4.79 Å². The number of rotatable bonds is 4. The maximum absolute atomic E-state index is 12.4. The lowest BCUT2D eigenvalue weighted by atomic mass is 9.78. The van der Waals surface area contributed by atoms with Gasteiger partial charge < -0.3 is 25.5 Å². The summed E-state index contributed by atoms with van der Waals surface area (Å²) in [4.78, 5) is 16.4. The van der Waals surface area contributed by atoms with Crippen molar-refractivity contribution in [2.45, 2.75) is 26.3 Å². The quantitative estimate of drug-likeness (QED) is 0.294. The Hall–Kier alpha value is -2.16. The normalized spacial score (nSPS) is 18.8. The highest BCUT2D eigenvalue weighted by Gasteiger charge is 2.44. The third-order valence-electron chi connectivity index (χ3n) is 3.35. The number of amides is 1. The number of ether oxygens (including phenoxy) is 1. The van der Waals surface area contributed by atoms with Crippen LogP contribution in [0, 0.1) is 12.3 Å². The zero-order valence-corrected chi connectivity index (χ0v) is 11.1.